The highest BCUT2D eigenvalue weighted by Gasteiger charge is 2.37. The summed E-state index contributed by atoms with van der Waals surface area (Å²) in [6.45, 7) is 3.06. The first kappa shape index (κ1) is 29.3. The summed E-state index contributed by atoms with van der Waals surface area (Å²) in [5.74, 6) is -0.627. The fourth-order valence-electron chi connectivity index (χ4n) is 6.03. The quantitative estimate of drug-likeness (QED) is 0.199. The first-order valence-electron chi connectivity index (χ1n) is 14.5. The van der Waals surface area contributed by atoms with Crippen LogP contribution < -0.4 is 4.74 Å². The van der Waals surface area contributed by atoms with E-state index in [1.807, 2.05) is 79.9 Å². The summed E-state index contributed by atoms with van der Waals surface area (Å²) in [7, 11) is -1.13. The molecule has 0 saturated carbocycles. The third-order valence-electron chi connectivity index (χ3n) is 8.19. The van der Waals surface area contributed by atoms with Crippen molar-refractivity contribution in [3.8, 4) is 5.75 Å². The Morgan fingerprint density at radius 1 is 0.864 bits per heavy atom. The number of hydrogen-bond acceptors (Lipinski definition) is 6. The lowest BCUT2D eigenvalue weighted by Gasteiger charge is -2.30. The minimum absolute atomic E-state index is 0.177. The average molecular weight is 607 g/mol. The third kappa shape index (κ3) is 5.37. The van der Waals surface area contributed by atoms with Crippen LogP contribution >= 0.6 is 0 Å². The number of esters is 1. The second kappa shape index (κ2) is 12.1. The minimum atomic E-state index is -4.08. The molecule has 0 fully saturated rings. The van der Waals surface area contributed by atoms with E-state index in [4.69, 9.17) is 9.47 Å². The normalized spacial score (nSPS) is 16.4. The van der Waals surface area contributed by atoms with Gasteiger partial charge in [0.15, 0.2) is 0 Å². The molecule has 224 valence electrons. The van der Waals surface area contributed by atoms with Crippen LogP contribution in [0.4, 0.5) is 0 Å². The Bertz CT molecular complexity index is 1940. The summed E-state index contributed by atoms with van der Waals surface area (Å²) in [5.41, 5.74) is 5.13. The number of hydrogen-bond donors (Lipinski definition) is 0. The molecule has 2 heterocycles. The molecule has 0 unspecified atom stereocenters. The Balaban J connectivity index is 1.67. The number of aromatic nitrogens is 1. The smallest absolute Gasteiger partial charge is 0.336 e. The van der Waals surface area contributed by atoms with Gasteiger partial charge in [-0.15, -0.1) is 0 Å². The van der Waals surface area contributed by atoms with E-state index in [1.54, 1.807) is 31.4 Å². The number of carbonyl (C=O) groups excluding carboxylic acids is 1. The molecule has 0 radical (unpaired) electrons. The van der Waals surface area contributed by atoms with E-state index in [9.17, 15) is 13.2 Å². The van der Waals surface area contributed by atoms with Gasteiger partial charge in [0.1, 0.15) is 5.75 Å². The van der Waals surface area contributed by atoms with Crippen LogP contribution in [0.15, 0.2) is 120 Å². The predicted octanol–water partition coefficient (Wildman–Crippen LogP) is 6.44. The Hall–Kier alpha value is -4.82. The number of nitrogens with zero attached hydrogens (tertiary/aromatic N) is 2. The van der Waals surface area contributed by atoms with Crippen molar-refractivity contribution >= 4 is 26.9 Å². The molecule has 6 rings (SSSR count). The third-order valence-corrected chi connectivity index (χ3v) is 9.93. The number of ether oxygens (including phenoxy) is 2. The van der Waals surface area contributed by atoms with E-state index in [1.165, 1.54) is 11.1 Å². The van der Waals surface area contributed by atoms with E-state index in [0.29, 0.717) is 42.0 Å². The Morgan fingerprint density at radius 2 is 1.55 bits per heavy atom. The molecule has 7 nitrogen and oxygen atoms in total. The maximum Gasteiger partial charge on any atom is 0.336 e. The van der Waals surface area contributed by atoms with Crippen LogP contribution in [-0.4, -0.2) is 44.0 Å². The number of methoxy groups -OCH3 is 2. The lowest BCUT2D eigenvalue weighted by Crippen LogP contribution is -2.29. The summed E-state index contributed by atoms with van der Waals surface area (Å²) < 4.78 is 41.5. The maximum atomic E-state index is 14.6. The second-order valence-electron chi connectivity index (χ2n) is 11.0. The first-order chi connectivity index (χ1) is 21.3. The van der Waals surface area contributed by atoms with Crippen molar-refractivity contribution in [1.82, 2.24) is 8.87 Å². The lowest BCUT2D eigenvalue weighted by molar-refractivity contribution is -0.136. The topological polar surface area (TPSA) is 77.8 Å². The Kier molecular flexibility index (Phi) is 8.01. The summed E-state index contributed by atoms with van der Waals surface area (Å²) in [5, 5.41) is 0.836. The first-order valence-corrected chi connectivity index (χ1v) is 15.9. The van der Waals surface area contributed by atoms with Crippen LogP contribution in [-0.2, 0) is 32.5 Å². The summed E-state index contributed by atoms with van der Waals surface area (Å²) in [6.07, 6.45) is 2.41. The zero-order chi connectivity index (χ0) is 30.8. The van der Waals surface area contributed by atoms with Crippen LogP contribution in [0.2, 0.25) is 0 Å². The monoisotopic (exact) mass is 606 g/mol. The molecule has 0 bridgehead atoms. The molecule has 4 aromatic carbocycles. The molecule has 1 aromatic heterocycles. The van der Waals surface area contributed by atoms with Crippen molar-refractivity contribution in [3.05, 3.63) is 143 Å². The number of para-hydroxylation sites is 1. The Labute approximate surface area is 258 Å². The Morgan fingerprint density at radius 3 is 2.23 bits per heavy atom. The lowest BCUT2D eigenvalue weighted by atomic mass is 9.84. The highest BCUT2D eigenvalue weighted by molar-refractivity contribution is 7.90. The summed E-state index contributed by atoms with van der Waals surface area (Å²) in [4.78, 5) is 16.0. The highest BCUT2D eigenvalue weighted by atomic mass is 32.2. The largest absolute Gasteiger partial charge is 0.497 e. The van der Waals surface area contributed by atoms with Gasteiger partial charge in [-0.05, 0) is 60.4 Å². The van der Waals surface area contributed by atoms with Crippen molar-refractivity contribution in [2.75, 3.05) is 20.8 Å². The predicted molar refractivity (Wildman–Crippen MR) is 171 cm³/mol. The molecular weight excluding hydrogens is 572 g/mol. The van der Waals surface area contributed by atoms with Gasteiger partial charge in [-0.3, -0.25) is 0 Å². The molecule has 44 heavy (non-hydrogen) atoms. The zero-order valence-electron chi connectivity index (χ0n) is 24.9. The second-order valence-corrected chi connectivity index (χ2v) is 12.7. The molecule has 0 spiro atoms. The van der Waals surface area contributed by atoms with Gasteiger partial charge < -0.3 is 14.4 Å². The molecule has 1 aliphatic heterocycles. The number of rotatable bonds is 7. The molecular formula is C36H34N2O5S. The molecule has 0 saturated heterocycles. The summed E-state index contributed by atoms with van der Waals surface area (Å²) >= 11 is 0. The number of carbonyl (C=O) groups is 1. The van der Waals surface area contributed by atoms with Gasteiger partial charge in [0.2, 0.25) is 0 Å². The summed E-state index contributed by atoms with van der Waals surface area (Å²) in [6, 6.07) is 31.9. The van der Waals surface area contributed by atoms with Crippen molar-refractivity contribution in [2.45, 2.75) is 30.7 Å². The van der Waals surface area contributed by atoms with Gasteiger partial charge in [-0.1, -0.05) is 78.4 Å². The van der Waals surface area contributed by atoms with Gasteiger partial charge in [-0.25, -0.2) is 17.2 Å². The van der Waals surface area contributed by atoms with Gasteiger partial charge in [0.05, 0.1) is 41.8 Å². The number of aryl methyl sites for hydroxylation is 1. The fourth-order valence-corrected chi connectivity index (χ4v) is 7.61. The van der Waals surface area contributed by atoms with Crippen LogP contribution in [0.3, 0.4) is 0 Å². The van der Waals surface area contributed by atoms with Gasteiger partial charge in [0.25, 0.3) is 10.0 Å². The number of fused-ring (bicyclic) bond motifs is 3. The molecule has 0 N–H and O–H groups in total. The van der Waals surface area contributed by atoms with E-state index in [0.717, 1.165) is 27.6 Å². The van der Waals surface area contributed by atoms with Crippen molar-refractivity contribution in [3.63, 3.8) is 0 Å². The van der Waals surface area contributed by atoms with Gasteiger partial charge in [-0.2, -0.15) is 0 Å². The van der Waals surface area contributed by atoms with Crippen LogP contribution in [0.25, 0.3) is 10.9 Å². The molecule has 0 amide bonds. The minimum Gasteiger partial charge on any atom is -0.497 e. The van der Waals surface area contributed by atoms with Crippen LogP contribution in [0, 0.1) is 6.92 Å². The van der Waals surface area contributed by atoms with Crippen molar-refractivity contribution < 1.29 is 22.7 Å². The van der Waals surface area contributed by atoms with Crippen molar-refractivity contribution in [2.24, 2.45) is 0 Å². The molecule has 5 aromatic rings. The van der Waals surface area contributed by atoms with E-state index in [2.05, 4.69) is 17.0 Å². The average Bonchev–Trinajstić information content (AvgIpc) is 3.36. The van der Waals surface area contributed by atoms with Gasteiger partial charge >= 0.3 is 5.97 Å². The van der Waals surface area contributed by atoms with Crippen molar-refractivity contribution in [1.29, 1.82) is 0 Å². The highest BCUT2D eigenvalue weighted by Crippen LogP contribution is 2.43. The molecule has 1 aliphatic rings. The van der Waals surface area contributed by atoms with Crippen LogP contribution in [0.1, 0.15) is 33.9 Å². The molecule has 0 aliphatic carbocycles. The van der Waals surface area contributed by atoms with E-state index < -0.39 is 21.9 Å². The fraction of sp³-hybridized carbons (Fsp3) is 0.194. The maximum absolute atomic E-state index is 14.6. The van der Waals surface area contributed by atoms with E-state index in [-0.39, 0.29) is 4.90 Å². The molecule has 1 atom stereocenters. The molecule has 8 heteroatoms. The number of benzene rings is 4. The van der Waals surface area contributed by atoms with Gasteiger partial charge in [0, 0.05) is 24.7 Å². The zero-order valence-corrected chi connectivity index (χ0v) is 25.8. The van der Waals surface area contributed by atoms with E-state index >= 15 is 0 Å². The standard InChI is InChI=1S/C36H34N2O5S/c1-25-13-19-29(20-14-25)44(40,41)38-33-12-8-7-11-30(33)31-21-22-37(23-26-9-5-4-6-10-26)24-32(36(39)43-3)34(35(31)38)27-15-17-28(42-2)18-16-27/h4-20,24,34H,21-23H2,1-3H3/b32-24+/t34-/m0/s1. The SMILES string of the molecule is COC(=O)/C1=C/N(Cc2ccccc2)CCc2c(n(S(=O)(=O)c3ccc(C)cc3)c3ccccc23)[C@H]1c1ccc(OC)cc1. The van der Waals surface area contributed by atoms with Crippen LogP contribution in [0.5, 0.6) is 5.75 Å².